The smallest absolute Gasteiger partial charge is 0.159 e. The van der Waals surface area contributed by atoms with Gasteiger partial charge in [0.1, 0.15) is 11.6 Å². The summed E-state index contributed by atoms with van der Waals surface area (Å²) in [5.74, 6) is -1.11. The van der Waals surface area contributed by atoms with Gasteiger partial charge in [0.15, 0.2) is 11.6 Å². The zero-order valence-electron chi connectivity index (χ0n) is 19.0. The molecule has 2 aliphatic rings. The molecule has 0 nitrogen and oxygen atoms in total. The van der Waals surface area contributed by atoms with E-state index >= 15 is 0 Å². The molecule has 2 aromatic rings. The van der Waals surface area contributed by atoms with Crippen molar-refractivity contribution in [2.75, 3.05) is 0 Å². The second kappa shape index (κ2) is 10.4. The maximum Gasteiger partial charge on any atom is 0.159 e. The summed E-state index contributed by atoms with van der Waals surface area (Å²) in [4.78, 5) is 0. The van der Waals surface area contributed by atoms with Crippen molar-refractivity contribution in [3.63, 3.8) is 0 Å². The van der Waals surface area contributed by atoms with Crippen LogP contribution >= 0.6 is 0 Å². The van der Waals surface area contributed by atoms with Gasteiger partial charge in [-0.15, -0.1) is 0 Å². The molecule has 0 N–H and O–H groups in total. The van der Waals surface area contributed by atoms with Crippen molar-refractivity contribution >= 4 is 0 Å². The van der Waals surface area contributed by atoms with Crippen LogP contribution in [0.15, 0.2) is 30.3 Å². The molecule has 174 valence electrons. The second-order valence-corrected chi connectivity index (χ2v) is 10.0. The van der Waals surface area contributed by atoms with Crippen LogP contribution < -0.4 is 0 Å². The molecule has 2 aromatic carbocycles. The van der Waals surface area contributed by atoms with E-state index in [2.05, 4.69) is 6.92 Å². The summed E-state index contributed by atoms with van der Waals surface area (Å²) in [6.45, 7) is 2.25. The Balaban J connectivity index is 1.41. The lowest BCUT2D eigenvalue weighted by Crippen LogP contribution is -2.30. The van der Waals surface area contributed by atoms with E-state index in [-0.39, 0.29) is 17.0 Å². The molecule has 1 unspecified atom stereocenters. The van der Waals surface area contributed by atoms with Gasteiger partial charge in [0, 0.05) is 0 Å². The minimum Gasteiger partial charge on any atom is -0.206 e. The largest absolute Gasteiger partial charge is 0.206 e. The van der Waals surface area contributed by atoms with Crippen molar-refractivity contribution in [2.24, 2.45) is 17.8 Å². The molecular weight excluding hydrogens is 412 g/mol. The maximum atomic E-state index is 14.9. The minimum atomic E-state index is -1.11. The predicted molar refractivity (Wildman–Crippen MR) is 121 cm³/mol. The standard InChI is InChI=1S/C28H34F4/c1-2-3-4-5-6-18-7-8-20-14-21(10-9-19(20)13-18)23-16-26(31)28(27(32)17-23)22-11-12-24(29)25(30)15-22/h11-12,15-21H,2-10,13-14H2,1H3/t18?,19-,20-,21-/m1/s1. The molecule has 4 rings (SSSR count). The second-order valence-electron chi connectivity index (χ2n) is 10.0. The fourth-order valence-electron chi connectivity index (χ4n) is 6.17. The molecule has 32 heavy (non-hydrogen) atoms. The van der Waals surface area contributed by atoms with E-state index in [9.17, 15) is 17.6 Å². The summed E-state index contributed by atoms with van der Waals surface area (Å²) < 4.78 is 56.5. The Hall–Kier alpha value is -1.84. The van der Waals surface area contributed by atoms with E-state index in [4.69, 9.17) is 0 Å². The maximum absolute atomic E-state index is 14.9. The Morgan fingerprint density at radius 1 is 0.719 bits per heavy atom. The van der Waals surface area contributed by atoms with Crippen LogP contribution in [0.4, 0.5) is 17.6 Å². The normalized spacial score (nSPS) is 25.5. The number of hydrogen-bond donors (Lipinski definition) is 0. The van der Waals surface area contributed by atoms with Gasteiger partial charge in [0.2, 0.25) is 0 Å². The number of fused-ring (bicyclic) bond motifs is 1. The Morgan fingerprint density at radius 3 is 2.16 bits per heavy atom. The first-order chi connectivity index (χ1) is 15.5. The lowest BCUT2D eigenvalue weighted by atomic mass is 9.63. The molecule has 0 bridgehead atoms. The van der Waals surface area contributed by atoms with Crippen LogP contribution in [-0.4, -0.2) is 0 Å². The first kappa shape index (κ1) is 23.3. The third kappa shape index (κ3) is 5.21. The van der Waals surface area contributed by atoms with Gasteiger partial charge in [0.05, 0.1) is 5.56 Å². The van der Waals surface area contributed by atoms with Crippen molar-refractivity contribution < 1.29 is 17.6 Å². The SMILES string of the molecule is CCCCCCC1CC[C@@H]2C[C@H](c3cc(F)c(-c4ccc(F)c(F)c4)c(F)c3)CC[C@@H]2C1. The van der Waals surface area contributed by atoms with Crippen LogP contribution in [-0.2, 0) is 0 Å². The van der Waals surface area contributed by atoms with Gasteiger partial charge in [-0.25, -0.2) is 17.6 Å². The van der Waals surface area contributed by atoms with Crippen molar-refractivity contribution in [3.05, 3.63) is 59.2 Å². The minimum absolute atomic E-state index is 0.0198. The van der Waals surface area contributed by atoms with Crippen LogP contribution in [0, 0.1) is 41.0 Å². The summed E-state index contributed by atoms with van der Waals surface area (Å²) in [5, 5.41) is 0. The number of halogens is 4. The number of rotatable bonds is 7. The Morgan fingerprint density at radius 2 is 1.44 bits per heavy atom. The third-order valence-electron chi connectivity index (χ3n) is 7.93. The quantitative estimate of drug-likeness (QED) is 0.294. The molecule has 0 saturated heterocycles. The highest BCUT2D eigenvalue weighted by Gasteiger charge is 2.36. The lowest BCUT2D eigenvalue weighted by molar-refractivity contribution is 0.113. The van der Waals surface area contributed by atoms with Gasteiger partial charge in [-0.2, -0.15) is 0 Å². The number of benzene rings is 2. The van der Waals surface area contributed by atoms with Crippen molar-refractivity contribution in [1.82, 2.24) is 0 Å². The molecule has 0 amide bonds. The van der Waals surface area contributed by atoms with E-state index in [0.717, 1.165) is 43.2 Å². The molecule has 2 aliphatic carbocycles. The van der Waals surface area contributed by atoms with Gasteiger partial charge < -0.3 is 0 Å². The van der Waals surface area contributed by atoms with Crippen LogP contribution in [0.2, 0.25) is 0 Å². The van der Waals surface area contributed by atoms with E-state index < -0.39 is 23.3 Å². The summed E-state index contributed by atoms with van der Waals surface area (Å²) in [6.07, 6.45) is 13.6. The summed E-state index contributed by atoms with van der Waals surface area (Å²) >= 11 is 0. The van der Waals surface area contributed by atoms with Crippen molar-refractivity contribution in [3.8, 4) is 11.1 Å². The van der Waals surface area contributed by atoms with Gasteiger partial charge >= 0.3 is 0 Å². The first-order valence-electron chi connectivity index (χ1n) is 12.4. The molecule has 2 saturated carbocycles. The van der Waals surface area contributed by atoms with E-state index in [1.807, 2.05) is 0 Å². The Bertz CT molecular complexity index is 899. The van der Waals surface area contributed by atoms with Crippen LogP contribution in [0.5, 0.6) is 0 Å². The highest BCUT2D eigenvalue weighted by Crippen LogP contribution is 2.49. The highest BCUT2D eigenvalue weighted by atomic mass is 19.2. The Labute approximate surface area is 189 Å². The van der Waals surface area contributed by atoms with Crippen molar-refractivity contribution in [2.45, 2.75) is 83.5 Å². The molecule has 4 atom stereocenters. The van der Waals surface area contributed by atoms with E-state index in [1.54, 1.807) is 0 Å². The summed E-state index contributed by atoms with van der Waals surface area (Å²) in [6, 6.07) is 5.78. The molecule has 0 aromatic heterocycles. The summed E-state index contributed by atoms with van der Waals surface area (Å²) in [7, 11) is 0. The zero-order valence-corrected chi connectivity index (χ0v) is 19.0. The van der Waals surface area contributed by atoms with Gasteiger partial charge in [-0.3, -0.25) is 0 Å². The van der Waals surface area contributed by atoms with Crippen LogP contribution in [0.1, 0.15) is 89.0 Å². The summed E-state index contributed by atoms with van der Waals surface area (Å²) in [5.41, 5.74) is 0.433. The molecular formula is C28H34F4. The van der Waals surface area contributed by atoms with Gasteiger partial charge in [-0.05, 0) is 91.2 Å². The third-order valence-corrected chi connectivity index (χ3v) is 7.93. The highest BCUT2D eigenvalue weighted by molar-refractivity contribution is 5.65. The van der Waals surface area contributed by atoms with Gasteiger partial charge in [0.25, 0.3) is 0 Å². The zero-order chi connectivity index (χ0) is 22.7. The fourth-order valence-corrected chi connectivity index (χ4v) is 6.17. The monoisotopic (exact) mass is 446 g/mol. The van der Waals surface area contributed by atoms with Gasteiger partial charge in [-0.1, -0.05) is 51.5 Å². The average molecular weight is 447 g/mol. The van der Waals surface area contributed by atoms with Crippen LogP contribution in [0.3, 0.4) is 0 Å². The first-order valence-corrected chi connectivity index (χ1v) is 12.4. The molecule has 0 spiro atoms. The predicted octanol–water partition coefficient (Wildman–Crippen LogP) is 9.18. The number of hydrogen-bond acceptors (Lipinski definition) is 0. The van der Waals surface area contributed by atoms with E-state index in [0.29, 0.717) is 11.5 Å². The fraction of sp³-hybridized carbons (Fsp3) is 0.571. The molecule has 4 heteroatoms. The molecule has 0 aliphatic heterocycles. The molecule has 0 heterocycles. The van der Waals surface area contributed by atoms with Crippen molar-refractivity contribution in [1.29, 1.82) is 0 Å². The molecule has 2 fully saturated rings. The topological polar surface area (TPSA) is 0 Å². The molecule has 0 radical (unpaired) electrons. The van der Waals surface area contributed by atoms with Crippen LogP contribution in [0.25, 0.3) is 11.1 Å². The Kier molecular flexibility index (Phi) is 7.58. The van der Waals surface area contributed by atoms with E-state index in [1.165, 1.54) is 69.6 Å². The lowest BCUT2D eigenvalue weighted by Gasteiger charge is -2.42. The average Bonchev–Trinajstić information content (AvgIpc) is 2.78. The number of unbranched alkanes of at least 4 members (excludes halogenated alkanes) is 3.